The molecule has 0 aromatic heterocycles. The van der Waals surface area contributed by atoms with Gasteiger partial charge in [0.05, 0.1) is 19.3 Å². The lowest BCUT2D eigenvalue weighted by Crippen LogP contribution is -2.37. The first-order valence-electron chi connectivity index (χ1n) is 7.25. The quantitative estimate of drug-likeness (QED) is 0.864. The van der Waals surface area contributed by atoms with Crippen molar-refractivity contribution in [2.75, 3.05) is 5.32 Å². The van der Waals surface area contributed by atoms with Crippen LogP contribution in [0.3, 0.4) is 0 Å². The third-order valence-electron chi connectivity index (χ3n) is 3.69. The van der Waals surface area contributed by atoms with Gasteiger partial charge in [0.2, 0.25) is 0 Å². The Balaban J connectivity index is 2.11. The predicted molar refractivity (Wildman–Crippen MR) is 92.6 cm³/mol. The summed E-state index contributed by atoms with van der Waals surface area (Å²) in [5.74, 6) is 0. The number of rotatable bonds is 4. The fourth-order valence-electron chi connectivity index (χ4n) is 2.28. The van der Waals surface area contributed by atoms with E-state index in [9.17, 15) is 5.26 Å². The normalized spacial score (nSPS) is 11.0. The van der Waals surface area contributed by atoms with Gasteiger partial charge in [0.25, 0.3) is 0 Å². The first-order valence-corrected chi connectivity index (χ1v) is 10.7. The highest BCUT2D eigenvalue weighted by atomic mass is 28.3. The van der Waals surface area contributed by atoms with Crippen LogP contribution in [-0.2, 0) is 6.54 Å². The molecule has 2 aromatic carbocycles. The number of nitriles is 1. The lowest BCUT2D eigenvalue weighted by Gasteiger charge is -2.17. The number of hydrogen-bond acceptors (Lipinski definition) is 2. The number of nitrogens with zero attached hydrogens (tertiary/aromatic N) is 1. The summed E-state index contributed by atoms with van der Waals surface area (Å²) < 4.78 is 0. The Morgan fingerprint density at radius 2 is 1.71 bits per heavy atom. The van der Waals surface area contributed by atoms with E-state index in [1.807, 2.05) is 25.1 Å². The SMILES string of the molecule is Cc1cccc(NCc2ccc([Si](C)(C)C)cc2)c1C#N. The highest BCUT2D eigenvalue weighted by Crippen LogP contribution is 2.19. The Bertz CT molecular complexity index is 661. The van der Waals surface area contributed by atoms with Gasteiger partial charge in [-0.1, -0.05) is 61.2 Å². The van der Waals surface area contributed by atoms with Crippen LogP contribution in [0.15, 0.2) is 42.5 Å². The van der Waals surface area contributed by atoms with Crippen molar-refractivity contribution in [3.8, 4) is 6.07 Å². The van der Waals surface area contributed by atoms with Gasteiger partial charge in [0, 0.05) is 6.54 Å². The van der Waals surface area contributed by atoms with Crippen LogP contribution in [0.25, 0.3) is 0 Å². The minimum Gasteiger partial charge on any atom is -0.380 e. The van der Waals surface area contributed by atoms with Crippen molar-refractivity contribution < 1.29 is 0 Å². The second-order valence-electron chi connectivity index (χ2n) is 6.41. The second kappa shape index (κ2) is 6.15. The Morgan fingerprint density at radius 1 is 1.05 bits per heavy atom. The van der Waals surface area contributed by atoms with Crippen molar-refractivity contribution in [3.63, 3.8) is 0 Å². The van der Waals surface area contributed by atoms with Crippen molar-refractivity contribution in [1.82, 2.24) is 0 Å². The molecule has 0 aliphatic carbocycles. The van der Waals surface area contributed by atoms with Crippen LogP contribution < -0.4 is 10.5 Å². The molecule has 0 bridgehead atoms. The van der Waals surface area contributed by atoms with Gasteiger partial charge in [-0.2, -0.15) is 5.26 Å². The van der Waals surface area contributed by atoms with Crippen LogP contribution in [0.2, 0.25) is 19.6 Å². The third-order valence-corrected chi connectivity index (χ3v) is 5.75. The third kappa shape index (κ3) is 3.74. The molecule has 0 radical (unpaired) electrons. The van der Waals surface area contributed by atoms with Gasteiger partial charge in [-0.05, 0) is 24.1 Å². The molecule has 1 N–H and O–H groups in total. The molecule has 0 amide bonds. The average Bonchev–Trinajstić information content (AvgIpc) is 2.44. The van der Waals surface area contributed by atoms with Gasteiger partial charge in [-0.25, -0.2) is 0 Å². The van der Waals surface area contributed by atoms with Gasteiger partial charge >= 0.3 is 0 Å². The first kappa shape index (κ1) is 15.3. The molecule has 2 rings (SSSR count). The number of hydrogen-bond donors (Lipinski definition) is 1. The summed E-state index contributed by atoms with van der Waals surface area (Å²) >= 11 is 0. The minimum atomic E-state index is -1.23. The van der Waals surface area contributed by atoms with Crippen LogP contribution >= 0.6 is 0 Å². The molecule has 0 atom stereocenters. The lowest BCUT2D eigenvalue weighted by molar-refractivity contribution is 1.14. The van der Waals surface area contributed by atoms with Crippen molar-refractivity contribution >= 4 is 18.9 Å². The standard InChI is InChI=1S/C18H22N2Si/c1-14-6-5-7-18(17(14)12-19)20-13-15-8-10-16(11-9-15)21(2,3)4/h5-11,20H,13H2,1-4H3. The molecule has 0 heterocycles. The van der Waals surface area contributed by atoms with Crippen LogP contribution in [0.4, 0.5) is 5.69 Å². The summed E-state index contributed by atoms with van der Waals surface area (Å²) in [5.41, 5.74) is 3.89. The summed E-state index contributed by atoms with van der Waals surface area (Å²) in [6.07, 6.45) is 0. The molecule has 0 spiro atoms. The van der Waals surface area contributed by atoms with Crippen molar-refractivity contribution in [1.29, 1.82) is 5.26 Å². The maximum atomic E-state index is 9.24. The smallest absolute Gasteiger partial charge is 0.102 e. The van der Waals surface area contributed by atoms with Gasteiger partial charge in [0.1, 0.15) is 6.07 Å². The highest BCUT2D eigenvalue weighted by Gasteiger charge is 2.15. The van der Waals surface area contributed by atoms with Crippen molar-refractivity contribution in [2.45, 2.75) is 33.1 Å². The fourth-order valence-corrected chi connectivity index (χ4v) is 3.45. The zero-order valence-corrected chi connectivity index (χ0v) is 14.2. The Kier molecular flexibility index (Phi) is 4.49. The summed E-state index contributed by atoms with van der Waals surface area (Å²) in [5, 5.41) is 14.1. The van der Waals surface area contributed by atoms with Gasteiger partial charge in [-0.15, -0.1) is 0 Å². The molecule has 2 aromatic rings. The van der Waals surface area contributed by atoms with E-state index >= 15 is 0 Å². The Morgan fingerprint density at radius 3 is 2.29 bits per heavy atom. The predicted octanol–water partition coefficient (Wildman–Crippen LogP) is 4.02. The van der Waals surface area contributed by atoms with E-state index in [-0.39, 0.29) is 0 Å². The summed E-state index contributed by atoms with van der Waals surface area (Å²) in [4.78, 5) is 0. The number of nitrogens with one attached hydrogen (secondary N) is 1. The Hall–Kier alpha value is -2.05. The highest BCUT2D eigenvalue weighted by molar-refractivity contribution is 6.88. The largest absolute Gasteiger partial charge is 0.380 e. The number of anilines is 1. The van der Waals surface area contributed by atoms with Gasteiger partial charge < -0.3 is 5.32 Å². The van der Waals surface area contributed by atoms with Crippen molar-refractivity contribution in [3.05, 3.63) is 59.2 Å². The molecular formula is C18H22N2Si. The molecule has 0 aliphatic heterocycles. The molecule has 0 saturated carbocycles. The van der Waals surface area contributed by atoms with E-state index in [0.29, 0.717) is 0 Å². The molecule has 3 heteroatoms. The van der Waals surface area contributed by atoms with E-state index in [0.717, 1.165) is 23.4 Å². The van der Waals surface area contributed by atoms with E-state index < -0.39 is 8.07 Å². The zero-order chi connectivity index (χ0) is 15.5. The van der Waals surface area contributed by atoms with E-state index in [1.165, 1.54) is 10.8 Å². The first-order chi connectivity index (χ1) is 9.91. The van der Waals surface area contributed by atoms with Gasteiger partial charge in [0.15, 0.2) is 0 Å². The molecule has 108 valence electrons. The van der Waals surface area contributed by atoms with E-state index in [4.69, 9.17) is 0 Å². The molecule has 0 saturated heterocycles. The number of aryl methyl sites for hydroxylation is 1. The molecule has 0 fully saturated rings. The summed E-state index contributed by atoms with van der Waals surface area (Å²) in [6, 6.07) is 17.0. The van der Waals surface area contributed by atoms with Crippen LogP contribution in [0.5, 0.6) is 0 Å². The van der Waals surface area contributed by atoms with Crippen LogP contribution in [0, 0.1) is 18.3 Å². The van der Waals surface area contributed by atoms with Crippen molar-refractivity contribution in [2.24, 2.45) is 0 Å². The maximum absolute atomic E-state index is 9.24. The van der Waals surface area contributed by atoms with E-state index in [1.54, 1.807) is 0 Å². The average molecular weight is 294 g/mol. The molecule has 2 nitrogen and oxygen atoms in total. The fraction of sp³-hybridized carbons (Fsp3) is 0.278. The molecule has 0 aliphatic rings. The van der Waals surface area contributed by atoms with E-state index in [2.05, 4.69) is 55.3 Å². The van der Waals surface area contributed by atoms with Crippen LogP contribution in [0.1, 0.15) is 16.7 Å². The molecule has 0 unspecified atom stereocenters. The zero-order valence-electron chi connectivity index (χ0n) is 13.2. The summed E-state index contributed by atoms with van der Waals surface area (Å²) in [6.45, 7) is 9.77. The second-order valence-corrected chi connectivity index (χ2v) is 11.5. The Labute approximate surface area is 128 Å². The lowest BCUT2D eigenvalue weighted by atomic mass is 10.1. The van der Waals surface area contributed by atoms with Gasteiger partial charge in [-0.3, -0.25) is 0 Å². The minimum absolute atomic E-state index is 0.733. The monoisotopic (exact) mass is 294 g/mol. The molecule has 21 heavy (non-hydrogen) atoms. The maximum Gasteiger partial charge on any atom is 0.102 e. The summed E-state index contributed by atoms with van der Waals surface area (Å²) in [7, 11) is -1.23. The van der Waals surface area contributed by atoms with Crippen LogP contribution in [-0.4, -0.2) is 8.07 Å². The number of benzene rings is 2. The topological polar surface area (TPSA) is 35.8 Å². The molecular weight excluding hydrogens is 272 g/mol.